The third-order valence-corrected chi connectivity index (χ3v) is 7.70. The number of carbonyl (C=O) groups is 1. The van der Waals surface area contributed by atoms with Crippen molar-refractivity contribution in [2.24, 2.45) is 5.10 Å². The van der Waals surface area contributed by atoms with Gasteiger partial charge in [0.05, 0.1) is 5.69 Å². The number of benzene rings is 3. The lowest BCUT2D eigenvalue weighted by Gasteiger charge is -2.42. The van der Waals surface area contributed by atoms with Gasteiger partial charge in [0.25, 0.3) is 0 Å². The molecule has 0 fully saturated rings. The fraction of sp³-hybridized carbons (Fsp3) is 0.0909. The van der Waals surface area contributed by atoms with Crippen LogP contribution in [0, 0.1) is 0 Å². The van der Waals surface area contributed by atoms with Crippen molar-refractivity contribution in [3.63, 3.8) is 0 Å². The average molecular weight is 423 g/mol. The number of rotatable bonds is 2. The van der Waals surface area contributed by atoms with E-state index in [-0.39, 0.29) is 5.78 Å². The van der Waals surface area contributed by atoms with Crippen LogP contribution in [-0.2, 0) is 9.67 Å². The number of thioether (sulfide) groups is 1. The Balaban J connectivity index is 1.81. The van der Waals surface area contributed by atoms with E-state index in [0.29, 0.717) is 10.1 Å². The van der Waals surface area contributed by atoms with Crippen molar-refractivity contribution in [2.45, 2.75) is 21.6 Å². The number of hydrogen-bond donors (Lipinski definition) is 0. The van der Waals surface area contributed by atoms with Crippen LogP contribution < -0.4 is 5.01 Å². The molecule has 28 heavy (non-hydrogen) atoms. The second-order valence-electron chi connectivity index (χ2n) is 6.59. The summed E-state index contributed by atoms with van der Waals surface area (Å²) in [6, 6.07) is 24.3. The van der Waals surface area contributed by atoms with Crippen LogP contribution in [0.1, 0.15) is 18.1 Å². The molecule has 0 N–H and O–H groups in total. The smallest absolute Gasteiger partial charge is 0.186 e. The average Bonchev–Trinajstić information content (AvgIpc) is 3.10. The molecular weight excluding hydrogens is 408 g/mol. The first kappa shape index (κ1) is 17.9. The van der Waals surface area contributed by atoms with E-state index in [2.05, 4.69) is 24.3 Å². The maximum Gasteiger partial charge on any atom is 0.186 e. The van der Waals surface area contributed by atoms with Crippen LogP contribution >= 0.6 is 35.1 Å². The highest BCUT2D eigenvalue weighted by Gasteiger charge is 2.52. The number of hydrogen-bond acceptors (Lipinski definition) is 5. The molecule has 5 rings (SSSR count). The van der Waals surface area contributed by atoms with Gasteiger partial charge in [-0.1, -0.05) is 71.5 Å². The van der Waals surface area contributed by atoms with Gasteiger partial charge in [-0.3, -0.25) is 4.79 Å². The topological polar surface area (TPSA) is 32.7 Å². The van der Waals surface area contributed by atoms with Gasteiger partial charge in [-0.2, -0.15) is 5.10 Å². The van der Waals surface area contributed by atoms with Gasteiger partial charge in [0.15, 0.2) is 15.7 Å². The normalized spacial score (nSPS) is 16.5. The van der Waals surface area contributed by atoms with Crippen LogP contribution in [-0.4, -0.2) is 10.8 Å². The summed E-state index contributed by atoms with van der Waals surface area (Å²) in [5.74, 6) is -0.0333. The Morgan fingerprint density at radius 1 is 0.929 bits per heavy atom. The zero-order chi connectivity index (χ0) is 19.3. The quantitative estimate of drug-likeness (QED) is 0.495. The van der Waals surface area contributed by atoms with Crippen LogP contribution in [0.2, 0.25) is 5.02 Å². The summed E-state index contributed by atoms with van der Waals surface area (Å²) in [5, 5.41) is 7.92. The molecule has 3 nitrogen and oxygen atoms in total. The first-order chi connectivity index (χ1) is 13.6. The second kappa shape index (κ2) is 6.69. The number of halogens is 1. The van der Waals surface area contributed by atoms with Gasteiger partial charge >= 0.3 is 0 Å². The number of hydrazone groups is 1. The SMILES string of the molecule is CC(=O)C1=NN(c2ccc(Cl)cc2)C2(S1)c1ccccc1Sc1ccccc12. The minimum absolute atomic E-state index is 0.0333. The molecule has 0 aromatic heterocycles. The highest BCUT2D eigenvalue weighted by atomic mass is 35.5. The van der Waals surface area contributed by atoms with Crippen molar-refractivity contribution < 1.29 is 4.79 Å². The Kier molecular flexibility index (Phi) is 4.27. The van der Waals surface area contributed by atoms with E-state index in [1.54, 1.807) is 18.7 Å². The van der Waals surface area contributed by atoms with E-state index >= 15 is 0 Å². The third kappa shape index (κ3) is 2.61. The van der Waals surface area contributed by atoms with Crippen molar-refractivity contribution in [1.29, 1.82) is 0 Å². The van der Waals surface area contributed by atoms with Gasteiger partial charge in [0, 0.05) is 32.9 Å². The molecule has 1 spiro atoms. The van der Waals surface area contributed by atoms with Gasteiger partial charge in [-0.15, -0.1) is 0 Å². The van der Waals surface area contributed by atoms with Gasteiger partial charge in [-0.25, -0.2) is 5.01 Å². The van der Waals surface area contributed by atoms with Gasteiger partial charge in [-0.05, 0) is 36.4 Å². The van der Waals surface area contributed by atoms with Gasteiger partial charge in [0.2, 0.25) is 0 Å². The van der Waals surface area contributed by atoms with E-state index < -0.39 is 4.87 Å². The first-order valence-corrected chi connectivity index (χ1v) is 10.8. The molecule has 0 atom stereocenters. The van der Waals surface area contributed by atoms with E-state index in [1.807, 2.05) is 53.5 Å². The molecule has 0 radical (unpaired) electrons. The number of carbonyl (C=O) groups excluding carboxylic acids is 1. The zero-order valence-electron chi connectivity index (χ0n) is 14.9. The summed E-state index contributed by atoms with van der Waals surface area (Å²) in [6.45, 7) is 1.57. The van der Waals surface area contributed by atoms with E-state index in [4.69, 9.17) is 16.7 Å². The maximum atomic E-state index is 12.3. The Labute approximate surface area is 176 Å². The number of nitrogens with zero attached hydrogens (tertiary/aromatic N) is 2. The number of fused-ring (bicyclic) bond motifs is 4. The number of Topliss-reactive ketones (excluding diaryl/α,β-unsaturated/α-hetero) is 1. The molecule has 2 aliphatic rings. The van der Waals surface area contributed by atoms with Crippen molar-refractivity contribution in [1.82, 2.24) is 0 Å². The van der Waals surface area contributed by atoms with Crippen LogP contribution in [0.4, 0.5) is 5.69 Å². The zero-order valence-corrected chi connectivity index (χ0v) is 17.3. The molecule has 138 valence electrons. The number of anilines is 1. The monoisotopic (exact) mass is 422 g/mol. The van der Waals surface area contributed by atoms with E-state index in [1.165, 1.54) is 21.6 Å². The lowest BCUT2D eigenvalue weighted by atomic mass is 9.95. The minimum atomic E-state index is -0.632. The van der Waals surface area contributed by atoms with E-state index in [9.17, 15) is 4.79 Å². The molecule has 0 saturated carbocycles. The lowest BCUT2D eigenvalue weighted by Crippen LogP contribution is -2.40. The fourth-order valence-corrected chi connectivity index (χ4v) is 6.39. The van der Waals surface area contributed by atoms with Crippen LogP contribution in [0.5, 0.6) is 0 Å². The largest absolute Gasteiger partial charge is 0.292 e. The molecule has 0 saturated heterocycles. The Morgan fingerprint density at radius 3 is 2.07 bits per heavy atom. The van der Waals surface area contributed by atoms with Crippen LogP contribution in [0.15, 0.2) is 87.7 Å². The third-order valence-electron chi connectivity index (χ3n) is 4.83. The Bertz CT molecular complexity index is 1080. The molecule has 0 aliphatic carbocycles. The summed E-state index contributed by atoms with van der Waals surface area (Å²) < 4.78 is 0. The number of ketones is 1. The van der Waals surface area contributed by atoms with Gasteiger partial charge in [0.1, 0.15) is 0 Å². The lowest BCUT2D eigenvalue weighted by molar-refractivity contribution is -0.110. The highest BCUT2D eigenvalue weighted by Crippen LogP contribution is 2.59. The van der Waals surface area contributed by atoms with Crippen molar-refractivity contribution in [2.75, 3.05) is 5.01 Å². The van der Waals surface area contributed by atoms with Crippen LogP contribution in [0.3, 0.4) is 0 Å². The first-order valence-electron chi connectivity index (χ1n) is 8.81. The van der Waals surface area contributed by atoms with Crippen LogP contribution in [0.25, 0.3) is 0 Å². The van der Waals surface area contributed by atoms with E-state index in [0.717, 1.165) is 16.8 Å². The highest BCUT2D eigenvalue weighted by molar-refractivity contribution is 8.17. The maximum absolute atomic E-state index is 12.3. The van der Waals surface area contributed by atoms with Crippen molar-refractivity contribution >= 4 is 51.6 Å². The molecule has 6 heteroatoms. The summed E-state index contributed by atoms with van der Waals surface area (Å²) in [6.07, 6.45) is 0. The van der Waals surface area contributed by atoms with Gasteiger partial charge < -0.3 is 0 Å². The summed E-state index contributed by atoms with van der Waals surface area (Å²) in [5.41, 5.74) is 3.17. The summed E-state index contributed by atoms with van der Waals surface area (Å²) >= 11 is 9.39. The molecule has 2 aliphatic heterocycles. The summed E-state index contributed by atoms with van der Waals surface area (Å²) in [7, 11) is 0. The predicted molar refractivity (Wildman–Crippen MR) is 117 cm³/mol. The summed E-state index contributed by atoms with van der Waals surface area (Å²) in [4.78, 5) is 14.0. The molecule has 3 aromatic carbocycles. The Morgan fingerprint density at radius 2 is 1.50 bits per heavy atom. The van der Waals surface area contributed by atoms with Crippen molar-refractivity contribution in [3.8, 4) is 0 Å². The standard InChI is InChI=1S/C22H15ClN2OS2/c1-14(26)21-24-25(16-12-10-15(23)11-13-16)22(28-21)17-6-2-4-8-19(17)27-20-9-5-3-7-18(20)22/h2-13H,1H3. The molecule has 0 unspecified atom stereocenters. The predicted octanol–water partition coefficient (Wildman–Crippen LogP) is 6.16. The molecule has 3 aromatic rings. The molecule has 0 amide bonds. The molecule has 0 bridgehead atoms. The molecular formula is C22H15ClN2OS2. The molecule has 2 heterocycles. The second-order valence-corrected chi connectivity index (χ2v) is 9.29. The minimum Gasteiger partial charge on any atom is -0.292 e. The van der Waals surface area contributed by atoms with Crippen molar-refractivity contribution in [3.05, 3.63) is 88.9 Å². The fourth-order valence-electron chi connectivity index (χ4n) is 3.60. The Hall–Kier alpha value is -2.21.